The van der Waals surface area contributed by atoms with Crippen molar-refractivity contribution in [1.29, 1.82) is 0 Å². The predicted octanol–water partition coefficient (Wildman–Crippen LogP) is 2.61. The molecule has 0 amide bonds. The van der Waals surface area contributed by atoms with E-state index in [1.807, 2.05) is 16.9 Å². The molecule has 0 aliphatic rings. The van der Waals surface area contributed by atoms with Gasteiger partial charge in [-0.3, -0.25) is 4.68 Å². The Labute approximate surface area is 102 Å². The second-order valence-corrected chi connectivity index (χ2v) is 4.13. The second kappa shape index (κ2) is 5.48. The number of hydrogen-bond donors (Lipinski definition) is 1. The fraction of sp³-hybridized carbons (Fsp3) is 0.385. The molecule has 2 aromatic rings. The van der Waals surface area contributed by atoms with E-state index in [1.165, 1.54) is 5.56 Å². The van der Waals surface area contributed by atoms with Crippen LogP contribution >= 0.6 is 0 Å². The van der Waals surface area contributed by atoms with Crippen molar-refractivity contribution in [2.45, 2.75) is 33.4 Å². The first kappa shape index (κ1) is 11.6. The first-order chi connectivity index (χ1) is 8.29. The van der Waals surface area contributed by atoms with Crippen molar-refractivity contribution in [3.8, 4) is 0 Å². The van der Waals surface area contributed by atoms with Crippen molar-refractivity contribution in [2.24, 2.45) is 0 Å². The lowest BCUT2D eigenvalue weighted by molar-refractivity contribution is 0.602. The fourth-order valence-corrected chi connectivity index (χ4v) is 1.71. The molecule has 2 aromatic heterocycles. The third-order valence-electron chi connectivity index (χ3n) is 2.61. The first-order valence-electron chi connectivity index (χ1n) is 5.96. The standard InChI is InChI=1S/C13H18N4/c1-3-7-17-10-12(9-16-17)8-15-13-11(2)5-4-6-14-13/h4-6,9-10H,3,7-8H2,1-2H3,(H,14,15). The van der Waals surface area contributed by atoms with Gasteiger partial charge in [0.05, 0.1) is 6.20 Å². The minimum absolute atomic E-state index is 0.765. The van der Waals surface area contributed by atoms with Crippen LogP contribution in [0.3, 0.4) is 0 Å². The van der Waals surface area contributed by atoms with Gasteiger partial charge in [-0.1, -0.05) is 13.0 Å². The Morgan fingerprint density at radius 3 is 3.06 bits per heavy atom. The maximum atomic E-state index is 4.30. The van der Waals surface area contributed by atoms with E-state index in [0.717, 1.165) is 30.9 Å². The van der Waals surface area contributed by atoms with E-state index in [-0.39, 0.29) is 0 Å². The summed E-state index contributed by atoms with van der Waals surface area (Å²) < 4.78 is 1.97. The van der Waals surface area contributed by atoms with Crippen LogP contribution < -0.4 is 5.32 Å². The Kier molecular flexibility index (Phi) is 3.75. The van der Waals surface area contributed by atoms with E-state index in [4.69, 9.17) is 0 Å². The Morgan fingerprint density at radius 1 is 1.41 bits per heavy atom. The molecule has 4 heteroatoms. The maximum absolute atomic E-state index is 4.30. The van der Waals surface area contributed by atoms with Gasteiger partial charge in [-0.2, -0.15) is 5.10 Å². The molecule has 0 unspecified atom stereocenters. The number of rotatable bonds is 5. The number of hydrogen-bond acceptors (Lipinski definition) is 3. The lowest BCUT2D eigenvalue weighted by Gasteiger charge is -2.06. The van der Waals surface area contributed by atoms with Crippen LogP contribution in [0.4, 0.5) is 5.82 Å². The van der Waals surface area contributed by atoms with Gasteiger partial charge in [0.25, 0.3) is 0 Å². The molecule has 0 spiro atoms. The van der Waals surface area contributed by atoms with Crippen molar-refractivity contribution in [1.82, 2.24) is 14.8 Å². The van der Waals surface area contributed by atoms with Gasteiger partial charge in [0.15, 0.2) is 0 Å². The van der Waals surface area contributed by atoms with E-state index in [1.54, 1.807) is 6.20 Å². The largest absolute Gasteiger partial charge is 0.366 e. The smallest absolute Gasteiger partial charge is 0.129 e. The van der Waals surface area contributed by atoms with Gasteiger partial charge in [-0.15, -0.1) is 0 Å². The molecular formula is C13H18N4. The molecular weight excluding hydrogens is 212 g/mol. The van der Waals surface area contributed by atoms with Crippen molar-refractivity contribution >= 4 is 5.82 Å². The average molecular weight is 230 g/mol. The molecule has 0 atom stereocenters. The zero-order valence-corrected chi connectivity index (χ0v) is 10.3. The van der Waals surface area contributed by atoms with Crippen LogP contribution in [0.2, 0.25) is 0 Å². The second-order valence-electron chi connectivity index (χ2n) is 4.13. The van der Waals surface area contributed by atoms with Gasteiger partial charge in [0, 0.05) is 31.0 Å². The molecule has 17 heavy (non-hydrogen) atoms. The highest BCUT2D eigenvalue weighted by atomic mass is 15.3. The highest BCUT2D eigenvalue weighted by Gasteiger charge is 2.00. The molecule has 0 aliphatic heterocycles. The monoisotopic (exact) mass is 230 g/mol. The summed E-state index contributed by atoms with van der Waals surface area (Å²) >= 11 is 0. The van der Waals surface area contributed by atoms with Gasteiger partial charge in [0.1, 0.15) is 5.82 Å². The zero-order valence-electron chi connectivity index (χ0n) is 10.3. The summed E-state index contributed by atoms with van der Waals surface area (Å²) in [5.74, 6) is 0.941. The molecule has 0 aromatic carbocycles. The molecule has 0 radical (unpaired) electrons. The molecule has 0 aliphatic carbocycles. The molecule has 4 nitrogen and oxygen atoms in total. The topological polar surface area (TPSA) is 42.7 Å². The Morgan fingerprint density at radius 2 is 2.29 bits per heavy atom. The summed E-state index contributed by atoms with van der Waals surface area (Å²) in [5.41, 5.74) is 2.34. The van der Waals surface area contributed by atoms with Crippen LogP contribution in [-0.2, 0) is 13.1 Å². The third kappa shape index (κ3) is 3.06. The lowest BCUT2D eigenvalue weighted by atomic mass is 10.3. The van der Waals surface area contributed by atoms with Gasteiger partial charge < -0.3 is 5.32 Å². The van der Waals surface area contributed by atoms with E-state index in [2.05, 4.69) is 41.5 Å². The fourth-order valence-electron chi connectivity index (χ4n) is 1.71. The molecule has 0 saturated heterocycles. The third-order valence-corrected chi connectivity index (χ3v) is 2.61. The lowest BCUT2D eigenvalue weighted by Crippen LogP contribution is -2.02. The van der Waals surface area contributed by atoms with Crippen molar-refractivity contribution in [3.63, 3.8) is 0 Å². The van der Waals surface area contributed by atoms with Gasteiger partial charge >= 0.3 is 0 Å². The van der Waals surface area contributed by atoms with E-state index >= 15 is 0 Å². The van der Waals surface area contributed by atoms with Crippen LogP contribution in [0.1, 0.15) is 24.5 Å². The molecule has 2 heterocycles. The minimum Gasteiger partial charge on any atom is -0.366 e. The minimum atomic E-state index is 0.765. The molecule has 90 valence electrons. The summed E-state index contributed by atoms with van der Waals surface area (Å²) in [5, 5.41) is 7.62. The number of anilines is 1. The van der Waals surface area contributed by atoms with Crippen LogP contribution in [0.15, 0.2) is 30.7 Å². The summed E-state index contributed by atoms with van der Waals surface area (Å²) in [7, 11) is 0. The zero-order chi connectivity index (χ0) is 12.1. The molecule has 1 N–H and O–H groups in total. The van der Waals surface area contributed by atoms with E-state index in [9.17, 15) is 0 Å². The summed E-state index contributed by atoms with van der Waals surface area (Å²) in [4.78, 5) is 4.30. The quantitative estimate of drug-likeness (QED) is 0.858. The number of aryl methyl sites for hydroxylation is 2. The van der Waals surface area contributed by atoms with Gasteiger partial charge in [-0.05, 0) is 25.0 Å². The Hall–Kier alpha value is -1.84. The van der Waals surface area contributed by atoms with Crippen LogP contribution in [0.5, 0.6) is 0 Å². The molecule has 0 saturated carbocycles. The van der Waals surface area contributed by atoms with E-state index < -0.39 is 0 Å². The van der Waals surface area contributed by atoms with Crippen LogP contribution in [-0.4, -0.2) is 14.8 Å². The number of pyridine rings is 1. The highest BCUT2D eigenvalue weighted by Crippen LogP contribution is 2.10. The summed E-state index contributed by atoms with van der Waals surface area (Å²) in [6.07, 6.45) is 6.89. The van der Waals surface area contributed by atoms with Crippen molar-refractivity contribution in [3.05, 3.63) is 41.9 Å². The van der Waals surface area contributed by atoms with Crippen LogP contribution in [0.25, 0.3) is 0 Å². The summed E-state index contributed by atoms with van der Waals surface area (Å²) in [6.45, 7) is 5.94. The number of nitrogens with zero attached hydrogens (tertiary/aromatic N) is 3. The average Bonchev–Trinajstić information content (AvgIpc) is 2.76. The highest BCUT2D eigenvalue weighted by molar-refractivity contribution is 5.42. The van der Waals surface area contributed by atoms with Crippen molar-refractivity contribution < 1.29 is 0 Å². The molecule has 0 bridgehead atoms. The Bertz CT molecular complexity index is 476. The first-order valence-corrected chi connectivity index (χ1v) is 5.96. The van der Waals surface area contributed by atoms with Gasteiger partial charge in [0.2, 0.25) is 0 Å². The van der Waals surface area contributed by atoms with E-state index in [0.29, 0.717) is 0 Å². The van der Waals surface area contributed by atoms with Crippen molar-refractivity contribution in [2.75, 3.05) is 5.32 Å². The van der Waals surface area contributed by atoms with Gasteiger partial charge in [-0.25, -0.2) is 4.98 Å². The maximum Gasteiger partial charge on any atom is 0.129 e. The normalized spacial score (nSPS) is 10.5. The van der Waals surface area contributed by atoms with Crippen LogP contribution in [0, 0.1) is 6.92 Å². The number of nitrogens with one attached hydrogen (secondary N) is 1. The predicted molar refractivity (Wildman–Crippen MR) is 68.8 cm³/mol. The summed E-state index contributed by atoms with van der Waals surface area (Å²) in [6, 6.07) is 4.00. The molecule has 0 fully saturated rings. The SMILES string of the molecule is CCCn1cc(CNc2ncccc2C)cn1. The molecule has 2 rings (SSSR count). The number of aromatic nitrogens is 3. The Balaban J connectivity index is 1.95.